The van der Waals surface area contributed by atoms with Gasteiger partial charge in [-0.1, -0.05) is 6.07 Å². The van der Waals surface area contributed by atoms with Gasteiger partial charge in [0.2, 0.25) is 0 Å². The van der Waals surface area contributed by atoms with E-state index in [0.29, 0.717) is 5.56 Å². The molecule has 0 bridgehead atoms. The van der Waals surface area contributed by atoms with Gasteiger partial charge in [0, 0.05) is 18.0 Å². The maximum absolute atomic E-state index is 12.5. The van der Waals surface area contributed by atoms with Crippen molar-refractivity contribution in [2.45, 2.75) is 58.8 Å². The smallest absolute Gasteiger partial charge is 0.419 e. The average Bonchev–Trinajstić information content (AvgIpc) is 2.92. The number of nitrogens with zero attached hydrogens (tertiary/aromatic N) is 2. The fourth-order valence-corrected chi connectivity index (χ4v) is 2.49. The highest BCUT2D eigenvalue weighted by atomic mass is 16.6. The minimum absolute atomic E-state index is 0.279. The molecule has 0 aliphatic heterocycles. The highest BCUT2D eigenvalue weighted by Gasteiger charge is 2.33. The van der Waals surface area contributed by atoms with E-state index in [4.69, 9.17) is 9.47 Å². The van der Waals surface area contributed by atoms with Crippen molar-refractivity contribution in [2.24, 2.45) is 0 Å². The fourth-order valence-electron chi connectivity index (χ4n) is 2.49. The predicted octanol–water partition coefficient (Wildman–Crippen LogP) is 4.14. The quantitative estimate of drug-likeness (QED) is 0.870. The van der Waals surface area contributed by atoms with Gasteiger partial charge in [-0.2, -0.15) is 0 Å². The average molecular weight is 376 g/mol. The number of aromatic nitrogens is 1. The molecule has 0 radical (unpaired) electrons. The summed E-state index contributed by atoms with van der Waals surface area (Å²) in [5.74, 6) is 0. The van der Waals surface area contributed by atoms with Crippen molar-refractivity contribution in [1.29, 1.82) is 0 Å². The van der Waals surface area contributed by atoms with E-state index < -0.39 is 29.5 Å². The summed E-state index contributed by atoms with van der Waals surface area (Å²) in [7, 11) is 0. The second-order valence-electron chi connectivity index (χ2n) is 8.35. The molecular formula is C20H28N2O5. The van der Waals surface area contributed by atoms with Crippen LogP contribution in [0.4, 0.5) is 9.59 Å². The van der Waals surface area contributed by atoms with Crippen LogP contribution in [0.3, 0.4) is 0 Å². The number of aliphatic hydroxyl groups is 1. The van der Waals surface area contributed by atoms with E-state index in [1.165, 1.54) is 0 Å². The molecule has 1 unspecified atom stereocenters. The van der Waals surface area contributed by atoms with Gasteiger partial charge in [0.1, 0.15) is 11.2 Å². The zero-order chi connectivity index (χ0) is 20.4. The molecule has 0 aromatic carbocycles. The van der Waals surface area contributed by atoms with Crippen molar-refractivity contribution in [3.8, 4) is 0 Å². The van der Waals surface area contributed by atoms with Gasteiger partial charge in [0.25, 0.3) is 0 Å². The van der Waals surface area contributed by atoms with Crippen molar-refractivity contribution < 1.29 is 24.2 Å². The number of pyridine rings is 1. The van der Waals surface area contributed by atoms with Crippen LogP contribution in [0.2, 0.25) is 0 Å². The van der Waals surface area contributed by atoms with Crippen molar-refractivity contribution in [2.75, 3.05) is 6.54 Å². The Labute approximate surface area is 159 Å². The molecule has 2 amide bonds. The molecule has 2 aromatic rings. The van der Waals surface area contributed by atoms with Crippen LogP contribution < -0.4 is 0 Å². The van der Waals surface area contributed by atoms with Crippen LogP contribution in [0.15, 0.2) is 36.7 Å². The van der Waals surface area contributed by atoms with E-state index in [1.54, 1.807) is 53.8 Å². The molecule has 0 aliphatic rings. The third-order valence-corrected chi connectivity index (χ3v) is 3.54. The maximum Gasteiger partial charge on any atom is 0.419 e. The second-order valence-corrected chi connectivity index (χ2v) is 8.35. The molecule has 7 heteroatoms. The molecule has 2 aromatic heterocycles. The molecule has 0 fully saturated rings. The van der Waals surface area contributed by atoms with Gasteiger partial charge in [-0.3, -0.25) is 0 Å². The fraction of sp³-hybridized carbons (Fsp3) is 0.500. The first kappa shape index (κ1) is 20.8. The lowest BCUT2D eigenvalue weighted by Crippen LogP contribution is -2.45. The molecule has 0 spiro atoms. The predicted molar refractivity (Wildman–Crippen MR) is 102 cm³/mol. The van der Waals surface area contributed by atoms with Crippen molar-refractivity contribution >= 4 is 17.7 Å². The van der Waals surface area contributed by atoms with Gasteiger partial charge in [-0.25, -0.2) is 14.5 Å². The number of carbonyl (C=O) groups excluding carboxylic acids is 2. The van der Waals surface area contributed by atoms with Crippen LogP contribution in [0, 0.1) is 0 Å². The second kappa shape index (κ2) is 7.60. The lowest BCUT2D eigenvalue weighted by molar-refractivity contribution is -0.00758. The number of aliphatic hydroxyl groups excluding tert-OH is 1. The minimum atomic E-state index is -1.09. The van der Waals surface area contributed by atoms with Crippen molar-refractivity contribution in [3.63, 3.8) is 0 Å². The Hall–Kier alpha value is -2.54. The van der Waals surface area contributed by atoms with Crippen LogP contribution >= 0.6 is 0 Å². The summed E-state index contributed by atoms with van der Waals surface area (Å²) in [6, 6.07) is 7.33. The van der Waals surface area contributed by atoms with E-state index in [0.717, 1.165) is 10.4 Å². The third-order valence-electron chi connectivity index (χ3n) is 3.54. The van der Waals surface area contributed by atoms with Crippen LogP contribution in [0.25, 0.3) is 5.52 Å². The summed E-state index contributed by atoms with van der Waals surface area (Å²) in [4.78, 5) is 25.9. The van der Waals surface area contributed by atoms with E-state index in [9.17, 15) is 14.7 Å². The Bertz CT molecular complexity index is 786. The van der Waals surface area contributed by atoms with Gasteiger partial charge in [0.05, 0.1) is 18.2 Å². The van der Waals surface area contributed by atoms with E-state index >= 15 is 0 Å². The summed E-state index contributed by atoms with van der Waals surface area (Å²) < 4.78 is 12.5. The first-order valence-electron chi connectivity index (χ1n) is 8.84. The first-order chi connectivity index (χ1) is 12.4. The van der Waals surface area contributed by atoms with Crippen LogP contribution in [0.1, 0.15) is 53.2 Å². The number of fused-ring (bicyclic) bond motifs is 1. The van der Waals surface area contributed by atoms with Crippen LogP contribution in [-0.2, 0) is 9.47 Å². The Balaban J connectivity index is 2.27. The van der Waals surface area contributed by atoms with Crippen LogP contribution in [0.5, 0.6) is 0 Å². The molecule has 1 N–H and O–H groups in total. The normalized spacial score (nSPS) is 13.3. The van der Waals surface area contributed by atoms with Crippen molar-refractivity contribution in [3.05, 3.63) is 42.2 Å². The van der Waals surface area contributed by atoms with E-state index in [-0.39, 0.29) is 6.54 Å². The van der Waals surface area contributed by atoms with Crippen LogP contribution in [-0.4, -0.2) is 44.3 Å². The summed E-state index contributed by atoms with van der Waals surface area (Å²) in [5, 5.41) is 10.7. The molecule has 0 saturated carbocycles. The number of hydrogen-bond donors (Lipinski definition) is 1. The number of amides is 2. The molecule has 27 heavy (non-hydrogen) atoms. The topological polar surface area (TPSA) is 80.5 Å². The summed E-state index contributed by atoms with van der Waals surface area (Å²) in [5.41, 5.74) is -0.179. The monoisotopic (exact) mass is 376 g/mol. The van der Waals surface area contributed by atoms with Gasteiger partial charge in [-0.05, 0) is 59.7 Å². The zero-order valence-electron chi connectivity index (χ0n) is 16.7. The molecule has 0 saturated heterocycles. The highest BCUT2D eigenvalue weighted by Crippen LogP contribution is 2.23. The Morgan fingerprint density at radius 3 is 2.07 bits per heavy atom. The zero-order valence-corrected chi connectivity index (χ0v) is 16.7. The van der Waals surface area contributed by atoms with Gasteiger partial charge in [0.15, 0.2) is 0 Å². The molecule has 7 nitrogen and oxygen atoms in total. The molecule has 148 valence electrons. The Kier molecular flexibility index (Phi) is 5.85. The molecular weight excluding hydrogens is 348 g/mol. The van der Waals surface area contributed by atoms with Crippen molar-refractivity contribution in [1.82, 2.24) is 9.30 Å². The Morgan fingerprint density at radius 2 is 1.56 bits per heavy atom. The molecule has 2 heterocycles. The summed E-state index contributed by atoms with van der Waals surface area (Å²) >= 11 is 0. The number of rotatable bonds is 3. The Morgan fingerprint density at radius 1 is 1.00 bits per heavy atom. The lowest BCUT2D eigenvalue weighted by Gasteiger charge is -2.29. The van der Waals surface area contributed by atoms with E-state index in [2.05, 4.69) is 0 Å². The van der Waals surface area contributed by atoms with Gasteiger partial charge >= 0.3 is 12.2 Å². The third kappa shape index (κ3) is 5.72. The standard InChI is InChI=1S/C20H28N2O5/c1-19(2,3)26-17(24)22(18(25)27-20(4,5)6)13-16(23)14-10-12-21-11-8-7-9-15(14)21/h7-12,16,23H,13H2,1-6H3. The molecule has 1 atom stereocenters. The van der Waals surface area contributed by atoms with Gasteiger partial charge < -0.3 is 19.0 Å². The highest BCUT2D eigenvalue weighted by molar-refractivity contribution is 5.88. The number of imide groups is 1. The number of hydrogen-bond acceptors (Lipinski definition) is 5. The van der Waals surface area contributed by atoms with E-state index in [1.807, 2.05) is 28.8 Å². The lowest BCUT2D eigenvalue weighted by atomic mass is 10.1. The number of ether oxygens (including phenoxy) is 2. The van der Waals surface area contributed by atoms with Gasteiger partial charge in [-0.15, -0.1) is 0 Å². The first-order valence-corrected chi connectivity index (χ1v) is 8.84. The number of carbonyl (C=O) groups is 2. The SMILES string of the molecule is CC(C)(C)OC(=O)N(CC(O)c1ccn2ccccc12)C(=O)OC(C)(C)C. The summed E-state index contributed by atoms with van der Waals surface area (Å²) in [6.07, 6.45) is 0.848. The molecule has 0 aliphatic carbocycles. The molecule has 2 rings (SSSR count). The minimum Gasteiger partial charge on any atom is -0.443 e. The maximum atomic E-state index is 12.5. The summed E-state index contributed by atoms with van der Waals surface area (Å²) in [6.45, 7) is 9.95. The largest absolute Gasteiger partial charge is 0.443 e.